The van der Waals surface area contributed by atoms with Crippen LogP contribution < -0.4 is 5.73 Å². The second-order valence-electron chi connectivity index (χ2n) is 2.18. The first-order valence-electron chi connectivity index (χ1n) is 3.58. The fourth-order valence-electron chi connectivity index (χ4n) is 0.997. The van der Waals surface area contributed by atoms with Crippen LogP contribution in [0.4, 0.5) is 0 Å². The molecule has 3 heteroatoms. The zero-order valence-electron chi connectivity index (χ0n) is 6.25. The molecule has 0 aromatic carbocycles. The van der Waals surface area contributed by atoms with Crippen LogP contribution >= 0.6 is 0 Å². The molecule has 1 rings (SSSR count). The van der Waals surface area contributed by atoms with Gasteiger partial charge in [-0.1, -0.05) is 6.92 Å². The van der Waals surface area contributed by atoms with Gasteiger partial charge in [0.05, 0.1) is 0 Å². The molecule has 0 aliphatic rings. The summed E-state index contributed by atoms with van der Waals surface area (Å²) >= 11 is 0. The lowest BCUT2D eigenvalue weighted by Gasteiger charge is -2.01. The van der Waals surface area contributed by atoms with Crippen molar-refractivity contribution in [2.75, 3.05) is 6.54 Å². The van der Waals surface area contributed by atoms with Crippen LogP contribution in [0.5, 0.6) is 0 Å². The summed E-state index contributed by atoms with van der Waals surface area (Å²) in [6.07, 6.45) is 4.76. The Morgan fingerprint density at radius 1 is 1.70 bits per heavy atom. The molecule has 0 spiro atoms. The van der Waals surface area contributed by atoms with Gasteiger partial charge in [0.2, 0.25) is 0 Å². The van der Waals surface area contributed by atoms with Crippen LogP contribution in [0.3, 0.4) is 0 Å². The molecule has 0 fully saturated rings. The summed E-state index contributed by atoms with van der Waals surface area (Å²) in [7, 11) is 0. The van der Waals surface area contributed by atoms with Gasteiger partial charge in [-0.3, -0.25) is 0 Å². The SMILES string of the molecule is CCc1nccn1CCN. The van der Waals surface area contributed by atoms with Gasteiger partial charge in [-0.25, -0.2) is 4.98 Å². The minimum atomic E-state index is 0.684. The number of aromatic nitrogens is 2. The van der Waals surface area contributed by atoms with Gasteiger partial charge in [-0.05, 0) is 0 Å². The van der Waals surface area contributed by atoms with Crippen molar-refractivity contribution in [2.24, 2.45) is 5.73 Å². The summed E-state index contributed by atoms with van der Waals surface area (Å²) in [6.45, 7) is 3.65. The molecule has 0 unspecified atom stereocenters. The maximum Gasteiger partial charge on any atom is 0.108 e. The molecule has 2 N–H and O–H groups in total. The minimum Gasteiger partial charge on any atom is -0.334 e. The lowest BCUT2D eigenvalue weighted by molar-refractivity contribution is 0.666. The molecule has 1 aromatic heterocycles. The highest BCUT2D eigenvalue weighted by atomic mass is 15.1. The van der Waals surface area contributed by atoms with Crippen LogP contribution in [0.1, 0.15) is 12.7 Å². The number of imidazole rings is 1. The molecule has 3 nitrogen and oxygen atoms in total. The molecule has 0 radical (unpaired) electrons. The van der Waals surface area contributed by atoms with Crippen molar-refractivity contribution in [1.82, 2.24) is 9.55 Å². The topological polar surface area (TPSA) is 43.8 Å². The number of nitrogens with two attached hydrogens (primary N) is 1. The van der Waals surface area contributed by atoms with Crippen LogP contribution in [0, 0.1) is 0 Å². The molecule has 10 heavy (non-hydrogen) atoms. The molecule has 0 aliphatic heterocycles. The predicted octanol–water partition coefficient (Wildman–Crippen LogP) is 0.404. The Hall–Kier alpha value is -0.830. The molecule has 1 heterocycles. The third-order valence-electron chi connectivity index (χ3n) is 1.49. The maximum absolute atomic E-state index is 5.39. The van der Waals surface area contributed by atoms with Crippen molar-refractivity contribution in [3.05, 3.63) is 18.2 Å². The van der Waals surface area contributed by atoms with Gasteiger partial charge >= 0.3 is 0 Å². The molecular formula is C7H13N3. The normalized spacial score (nSPS) is 10.2. The fraction of sp³-hybridized carbons (Fsp3) is 0.571. The van der Waals surface area contributed by atoms with E-state index in [-0.39, 0.29) is 0 Å². The monoisotopic (exact) mass is 139 g/mol. The second kappa shape index (κ2) is 3.37. The quantitative estimate of drug-likeness (QED) is 0.659. The zero-order valence-corrected chi connectivity index (χ0v) is 6.25. The first-order chi connectivity index (χ1) is 4.88. The highest BCUT2D eigenvalue weighted by molar-refractivity contribution is 4.91. The van der Waals surface area contributed by atoms with E-state index in [4.69, 9.17) is 5.73 Å². The Morgan fingerprint density at radius 2 is 2.50 bits per heavy atom. The zero-order chi connectivity index (χ0) is 7.40. The van der Waals surface area contributed by atoms with Crippen molar-refractivity contribution in [2.45, 2.75) is 19.9 Å². The molecule has 0 atom stereocenters. The molecule has 0 aliphatic carbocycles. The summed E-state index contributed by atoms with van der Waals surface area (Å²) in [5.41, 5.74) is 5.39. The number of hydrogen-bond acceptors (Lipinski definition) is 2. The van der Waals surface area contributed by atoms with Crippen molar-refractivity contribution in [1.29, 1.82) is 0 Å². The Labute approximate surface area is 60.9 Å². The van der Waals surface area contributed by atoms with Crippen molar-refractivity contribution in [3.8, 4) is 0 Å². The van der Waals surface area contributed by atoms with Crippen molar-refractivity contribution in [3.63, 3.8) is 0 Å². The lowest BCUT2D eigenvalue weighted by atomic mass is 10.4. The first kappa shape index (κ1) is 7.28. The Balaban J connectivity index is 2.70. The van der Waals surface area contributed by atoms with E-state index in [0.717, 1.165) is 18.8 Å². The Morgan fingerprint density at radius 3 is 3.10 bits per heavy atom. The van der Waals surface area contributed by atoms with Crippen LogP contribution in [-0.2, 0) is 13.0 Å². The van der Waals surface area contributed by atoms with Crippen LogP contribution in [0.25, 0.3) is 0 Å². The number of aryl methyl sites for hydroxylation is 1. The van der Waals surface area contributed by atoms with Gasteiger partial charge in [0.1, 0.15) is 5.82 Å². The van der Waals surface area contributed by atoms with E-state index in [9.17, 15) is 0 Å². The van der Waals surface area contributed by atoms with Gasteiger partial charge < -0.3 is 10.3 Å². The summed E-state index contributed by atoms with van der Waals surface area (Å²) in [4.78, 5) is 4.16. The Kier molecular flexibility index (Phi) is 2.45. The largest absolute Gasteiger partial charge is 0.334 e. The molecule has 0 saturated carbocycles. The van der Waals surface area contributed by atoms with E-state index < -0.39 is 0 Å². The van der Waals surface area contributed by atoms with E-state index >= 15 is 0 Å². The van der Waals surface area contributed by atoms with E-state index in [0.29, 0.717) is 6.54 Å². The highest BCUT2D eigenvalue weighted by Gasteiger charge is 1.96. The van der Waals surface area contributed by atoms with Crippen LogP contribution in [0.2, 0.25) is 0 Å². The van der Waals surface area contributed by atoms with Crippen molar-refractivity contribution >= 4 is 0 Å². The molecule has 56 valence electrons. The van der Waals surface area contributed by atoms with E-state index in [1.54, 1.807) is 0 Å². The van der Waals surface area contributed by atoms with Gasteiger partial charge in [-0.2, -0.15) is 0 Å². The molecule has 0 bridgehead atoms. The van der Waals surface area contributed by atoms with Gasteiger partial charge in [-0.15, -0.1) is 0 Å². The number of rotatable bonds is 3. The van der Waals surface area contributed by atoms with Crippen molar-refractivity contribution < 1.29 is 0 Å². The highest BCUT2D eigenvalue weighted by Crippen LogP contribution is 1.96. The fourth-order valence-corrected chi connectivity index (χ4v) is 0.997. The predicted molar refractivity (Wildman–Crippen MR) is 40.7 cm³/mol. The average Bonchev–Trinajstić information content (AvgIpc) is 2.36. The average molecular weight is 139 g/mol. The molecular weight excluding hydrogens is 126 g/mol. The summed E-state index contributed by atoms with van der Waals surface area (Å²) < 4.78 is 2.08. The standard InChI is InChI=1S/C7H13N3/c1-2-7-9-4-6-10(7)5-3-8/h4,6H,2-3,5,8H2,1H3. The van der Waals surface area contributed by atoms with Crippen LogP contribution in [-0.4, -0.2) is 16.1 Å². The van der Waals surface area contributed by atoms with Gasteiger partial charge in [0.25, 0.3) is 0 Å². The number of hydrogen-bond donors (Lipinski definition) is 1. The van der Waals surface area contributed by atoms with E-state index in [2.05, 4.69) is 16.5 Å². The van der Waals surface area contributed by atoms with Gasteiger partial charge in [0.15, 0.2) is 0 Å². The van der Waals surface area contributed by atoms with E-state index in [1.807, 2.05) is 12.4 Å². The third kappa shape index (κ3) is 1.36. The maximum atomic E-state index is 5.39. The number of nitrogens with zero attached hydrogens (tertiary/aromatic N) is 2. The van der Waals surface area contributed by atoms with E-state index in [1.165, 1.54) is 0 Å². The summed E-state index contributed by atoms with van der Waals surface area (Å²) in [5, 5.41) is 0. The smallest absolute Gasteiger partial charge is 0.108 e. The third-order valence-corrected chi connectivity index (χ3v) is 1.49. The van der Waals surface area contributed by atoms with Crippen LogP contribution in [0.15, 0.2) is 12.4 Å². The summed E-state index contributed by atoms with van der Waals surface area (Å²) in [6, 6.07) is 0. The molecule has 1 aromatic rings. The minimum absolute atomic E-state index is 0.684. The first-order valence-corrected chi connectivity index (χ1v) is 3.58. The lowest BCUT2D eigenvalue weighted by Crippen LogP contribution is -2.11. The second-order valence-corrected chi connectivity index (χ2v) is 2.18. The van der Waals surface area contributed by atoms with Gasteiger partial charge in [0, 0.05) is 31.9 Å². The molecule has 0 amide bonds. The Bertz CT molecular complexity index is 192. The summed E-state index contributed by atoms with van der Waals surface area (Å²) in [5.74, 6) is 1.12. The molecule has 0 saturated heterocycles.